The number of hydrogen-bond acceptors (Lipinski definition) is 4. The fraction of sp³-hybridized carbons (Fsp3) is 0.304. The predicted molar refractivity (Wildman–Crippen MR) is 119 cm³/mol. The Bertz CT molecular complexity index is 1060. The molecule has 7 heteroatoms. The summed E-state index contributed by atoms with van der Waals surface area (Å²) < 4.78 is 5.23. The molecule has 2 aromatic carbocycles. The number of Topliss-reactive ketones (excluding diaryl/α,β-unsaturated/α-hetero) is 1. The third-order valence-electron chi connectivity index (χ3n) is 4.93. The van der Waals surface area contributed by atoms with E-state index >= 15 is 0 Å². The first-order valence-electron chi connectivity index (χ1n) is 9.49. The van der Waals surface area contributed by atoms with Gasteiger partial charge in [-0.25, -0.2) is 0 Å². The molecule has 1 atom stereocenters. The van der Waals surface area contributed by atoms with Crippen LogP contribution in [0.3, 0.4) is 0 Å². The quantitative estimate of drug-likeness (QED) is 0.499. The van der Waals surface area contributed by atoms with E-state index in [1.165, 1.54) is 0 Å². The number of benzene rings is 2. The van der Waals surface area contributed by atoms with Crippen molar-refractivity contribution >= 4 is 43.0 Å². The molecule has 0 aliphatic heterocycles. The van der Waals surface area contributed by atoms with Gasteiger partial charge in [-0.3, -0.25) is 4.79 Å². The van der Waals surface area contributed by atoms with Crippen LogP contribution < -0.4 is 9.84 Å². The Balaban J connectivity index is 2.11. The summed E-state index contributed by atoms with van der Waals surface area (Å²) in [5.41, 5.74) is 4.34. The number of halogens is 2. The van der Waals surface area contributed by atoms with Crippen molar-refractivity contribution in [2.24, 2.45) is 0 Å². The average molecular weight is 460 g/mol. The van der Waals surface area contributed by atoms with Gasteiger partial charge in [0.05, 0.1) is 16.4 Å². The maximum Gasteiger partial charge on any atom is 0.176 e. The van der Waals surface area contributed by atoms with Crippen LogP contribution in [0.25, 0.3) is 0 Å². The van der Waals surface area contributed by atoms with Gasteiger partial charge in [-0.2, -0.15) is 0 Å². The van der Waals surface area contributed by atoms with Crippen LogP contribution >= 0.6 is 23.2 Å². The van der Waals surface area contributed by atoms with Gasteiger partial charge in [0, 0.05) is 12.0 Å². The van der Waals surface area contributed by atoms with E-state index in [9.17, 15) is 14.7 Å². The van der Waals surface area contributed by atoms with E-state index in [4.69, 9.17) is 27.9 Å². The molecule has 1 aliphatic carbocycles. The van der Waals surface area contributed by atoms with Crippen molar-refractivity contribution in [3.8, 4) is 17.2 Å². The number of carboxylic acids is 1. The van der Waals surface area contributed by atoms with Crippen LogP contribution in [0.15, 0.2) is 36.4 Å². The number of carbonyl (C=O) groups excluding carboxylic acids is 2. The van der Waals surface area contributed by atoms with Crippen LogP contribution in [-0.2, 0) is 16.6 Å². The van der Waals surface area contributed by atoms with E-state index in [1.54, 1.807) is 6.07 Å². The molecule has 0 spiro atoms. The molecule has 2 aromatic rings. The lowest BCUT2D eigenvalue weighted by Gasteiger charge is -2.26. The fourth-order valence-electron chi connectivity index (χ4n) is 3.62. The number of carboxylic acid groups (broad SMARTS) is 1. The van der Waals surface area contributed by atoms with Gasteiger partial charge in [0.2, 0.25) is 0 Å². The SMILES string of the molecule is C[Si](C)(C)C#CCC1(c2ccccc2)Cc2cc(OCC(=O)[O-])c(Cl)c(Cl)c2C1=O. The lowest BCUT2D eigenvalue weighted by atomic mass is 9.74. The second-order valence-electron chi connectivity index (χ2n) is 8.38. The van der Waals surface area contributed by atoms with Gasteiger partial charge in [0.15, 0.2) is 5.78 Å². The van der Waals surface area contributed by atoms with Gasteiger partial charge in [-0.05, 0) is 23.6 Å². The van der Waals surface area contributed by atoms with Gasteiger partial charge in [0.1, 0.15) is 25.5 Å². The Kier molecular flexibility index (Phi) is 6.33. The standard InChI is InChI=1S/C23H22Cl2O4Si/c1-30(2,3)11-7-10-23(16-8-5-4-6-9-16)13-15-12-17(29-14-18(26)27)20(24)21(25)19(15)22(23)28/h4-6,8-9,12H,10,13-14H2,1-3H3,(H,26,27)/p-1. The number of hydrogen-bond donors (Lipinski definition) is 0. The highest BCUT2D eigenvalue weighted by Crippen LogP contribution is 2.48. The molecule has 0 radical (unpaired) electrons. The Hall–Kier alpha value is -2.26. The van der Waals surface area contributed by atoms with E-state index in [2.05, 4.69) is 31.1 Å². The molecular weight excluding hydrogens is 439 g/mol. The summed E-state index contributed by atoms with van der Waals surface area (Å²) in [6.07, 6.45) is 0.738. The normalized spacial score (nSPS) is 17.8. The zero-order valence-electron chi connectivity index (χ0n) is 17.0. The summed E-state index contributed by atoms with van der Waals surface area (Å²) in [5.74, 6) is 1.87. The average Bonchev–Trinajstić information content (AvgIpc) is 2.96. The molecule has 0 saturated heterocycles. The maximum absolute atomic E-state index is 13.7. The first kappa shape index (κ1) is 22.4. The highest BCUT2D eigenvalue weighted by molar-refractivity contribution is 6.83. The minimum atomic E-state index is -1.62. The Labute approximate surface area is 187 Å². The molecule has 3 rings (SSSR count). The van der Waals surface area contributed by atoms with E-state index in [0.717, 1.165) is 5.56 Å². The van der Waals surface area contributed by atoms with Crippen LogP contribution in [0, 0.1) is 11.5 Å². The lowest BCUT2D eigenvalue weighted by Crippen LogP contribution is -2.33. The molecule has 0 N–H and O–H groups in total. The largest absolute Gasteiger partial charge is 0.546 e. The zero-order valence-corrected chi connectivity index (χ0v) is 19.5. The molecule has 1 unspecified atom stereocenters. The molecule has 0 aromatic heterocycles. The first-order chi connectivity index (χ1) is 14.0. The molecule has 30 heavy (non-hydrogen) atoms. The molecule has 4 nitrogen and oxygen atoms in total. The summed E-state index contributed by atoms with van der Waals surface area (Å²) in [6, 6.07) is 11.1. The van der Waals surface area contributed by atoms with E-state index in [1.807, 2.05) is 30.3 Å². The smallest absolute Gasteiger partial charge is 0.176 e. The summed E-state index contributed by atoms with van der Waals surface area (Å²) in [6.45, 7) is 5.79. The third-order valence-corrected chi connectivity index (χ3v) is 6.71. The minimum absolute atomic E-state index is 0.0158. The molecule has 156 valence electrons. The second-order valence-corrected chi connectivity index (χ2v) is 13.9. The molecule has 0 fully saturated rings. The van der Waals surface area contributed by atoms with Crippen molar-refractivity contribution in [1.82, 2.24) is 0 Å². The van der Waals surface area contributed by atoms with Crippen molar-refractivity contribution in [3.05, 3.63) is 63.1 Å². The summed E-state index contributed by atoms with van der Waals surface area (Å²) >= 11 is 12.7. The van der Waals surface area contributed by atoms with Crippen molar-refractivity contribution in [2.45, 2.75) is 37.9 Å². The minimum Gasteiger partial charge on any atom is -0.546 e. The number of fused-ring (bicyclic) bond motifs is 1. The topological polar surface area (TPSA) is 66.4 Å². The van der Waals surface area contributed by atoms with Crippen LogP contribution in [0.1, 0.15) is 27.9 Å². The fourth-order valence-corrected chi connectivity index (χ4v) is 4.74. The molecular formula is C23H21Cl2O4Si-. The lowest BCUT2D eigenvalue weighted by molar-refractivity contribution is -0.307. The molecule has 1 aliphatic rings. The van der Waals surface area contributed by atoms with Crippen molar-refractivity contribution in [1.29, 1.82) is 0 Å². The number of aliphatic carboxylic acids is 1. The Morgan fingerprint density at radius 3 is 2.47 bits per heavy atom. The number of ether oxygens (including phenoxy) is 1. The van der Waals surface area contributed by atoms with Crippen LogP contribution in [0.4, 0.5) is 0 Å². The third kappa shape index (κ3) is 4.41. The van der Waals surface area contributed by atoms with Crippen molar-refractivity contribution in [2.75, 3.05) is 6.61 Å². The van der Waals surface area contributed by atoms with Crippen molar-refractivity contribution in [3.63, 3.8) is 0 Å². The van der Waals surface area contributed by atoms with Gasteiger partial charge >= 0.3 is 0 Å². The van der Waals surface area contributed by atoms with E-state index < -0.39 is 26.1 Å². The number of carbonyl (C=O) groups is 2. The number of rotatable bonds is 5. The molecule has 0 amide bonds. The second kappa shape index (κ2) is 8.47. The van der Waals surface area contributed by atoms with Crippen LogP contribution in [-0.4, -0.2) is 26.4 Å². The highest BCUT2D eigenvalue weighted by atomic mass is 35.5. The molecule has 0 saturated carbocycles. The van der Waals surface area contributed by atoms with E-state index in [-0.39, 0.29) is 21.6 Å². The molecule has 0 heterocycles. The monoisotopic (exact) mass is 459 g/mol. The van der Waals surface area contributed by atoms with E-state index in [0.29, 0.717) is 24.0 Å². The van der Waals surface area contributed by atoms with Gasteiger partial charge in [0.25, 0.3) is 0 Å². The number of ketones is 1. The Morgan fingerprint density at radius 1 is 1.20 bits per heavy atom. The zero-order chi connectivity index (χ0) is 22.1. The maximum atomic E-state index is 13.7. The summed E-state index contributed by atoms with van der Waals surface area (Å²) in [4.78, 5) is 24.4. The van der Waals surface area contributed by atoms with Gasteiger partial charge in [-0.15, -0.1) is 11.5 Å². The van der Waals surface area contributed by atoms with Gasteiger partial charge in [-0.1, -0.05) is 73.2 Å². The Morgan fingerprint density at radius 2 is 1.87 bits per heavy atom. The highest BCUT2D eigenvalue weighted by Gasteiger charge is 2.48. The first-order valence-corrected chi connectivity index (χ1v) is 13.7. The van der Waals surface area contributed by atoms with Crippen LogP contribution in [0.5, 0.6) is 5.75 Å². The van der Waals surface area contributed by atoms with Gasteiger partial charge < -0.3 is 14.6 Å². The molecule has 0 bridgehead atoms. The summed E-state index contributed by atoms with van der Waals surface area (Å²) in [5, 5.41) is 10.9. The van der Waals surface area contributed by atoms with Crippen molar-refractivity contribution < 1.29 is 19.4 Å². The predicted octanol–water partition coefficient (Wildman–Crippen LogP) is 4.07. The van der Waals surface area contributed by atoms with Crippen LogP contribution in [0.2, 0.25) is 29.7 Å². The summed E-state index contributed by atoms with van der Waals surface area (Å²) in [7, 11) is -1.62.